The average Bonchev–Trinajstić information content (AvgIpc) is 2.69. The van der Waals surface area contributed by atoms with Crippen LogP contribution in [0.1, 0.15) is 40.4 Å². The number of furan rings is 1. The number of rotatable bonds is 3. The van der Waals surface area contributed by atoms with Crippen molar-refractivity contribution in [3.63, 3.8) is 0 Å². The Bertz CT molecular complexity index is 602. The average molecular weight is 258 g/mol. The molecule has 0 saturated carbocycles. The Kier molecular flexibility index (Phi) is 3.60. The van der Waals surface area contributed by atoms with E-state index in [-0.39, 0.29) is 11.9 Å². The molecule has 3 N–H and O–H groups in total. The zero-order valence-electron chi connectivity index (χ0n) is 11.4. The van der Waals surface area contributed by atoms with E-state index in [0.29, 0.717) is 17.0 Å². The van der Waals surface area contributed by atoms with E-state index in [1.807, 2.05) is 38.1 Å². The van der Waals surface area contributed by atoms with Gasteiger partial charge in [-0.05, 0) is 38.5 Å². The number of hydrogen-bond acceptors (Lipinski definition) is 3. The lowest BCUT2D eigenvalue weighted by Gasteiger charge is -2.15. The van der Waals surface area contributed by atoms with Crippen LogP contribution in [0.25, 0.3) is 0 Å². The Hall–Kier alpha value is -2.23. The first-order chi connectivity index (χ1) is 8.99. The maximum atomic E-state index is 12.2. The van der Waals surface area contributed by atoms with Crippen molar-refractivity contribution in [2.75, 3.05) is 5.73 Å². The molecule has 4 heteroatoms. The number of carbonyl (C=O) groups is 1. The second-order valence-electron chi connectivity index (χ2n) is 4.65. The van der Waals surface area contributed by atoms with E-state index < -0.39 is 0 Å². The number of anilines is 1. The number of aryl methyl sites for hydroxylation is 2. The van der Waals surface area contributed by atoms with Gasteiger partial charge in [0.05, 0.1) is 11.6 Å². The van der Waals surface area contributed by atoms with E-state index in [1.165, 1.54) is 0 Å². The van der Waals surface area contributed by atoms with Crippen LogP contribution in [0, 0.1) is 13.8 Å². The maximum Gasteiger partial charge on any atom is 0.255 e. The Labute approximate surface area is 112 Å². The number of carbonyl (C=O) groups excluding carboxylic acids is 1. The predicted molar refractivity (Wildman–Crippen MR) is 74.9 cm³/mol. The summed E-state index contributed by atoms with van der Waals surface area (Å²) in [5.74, 6) is 1.21. The van der Waals surface area contributed by atoms with Crippen LogP contribution in [-0.4, -0.2) is 5.91 Å². The molecule has 4 nitrogen and oxygen atoms in total. The van der Waals surface area contributed by atoms with E-state index in [1.54, 1.807) is 13.0 Å². The van der Waals surface area contributed by atoms with Crippen molar-refractivity contribution in [2.45, 2.75) is 26.8 Å². The molecule has 19 heavy (non-hydrogen) atoms. The number of nitrogen functional groups attached to an aromatic ring is 1. The molecule has 2 rings (SSSR count). The van der Waals surface area contributed by atoms with E-state index in [4.69, 9.17) is 10.2 Å². The minimum Gasteiger partial charge on any atom is -0.466 e. The largest absolute Gasteiger partial charge is 0.466 e. The number of nitrogens with one attached hydrogen (secondary N) is 1. The SMILES string of the molecule is Cc1cc(C(=O)NC(C)c2ccccc2N)c(C)o1. The number of nitrogens with two attached hydrogens (primary N) is 1. The third kappa shape index (κ3) is 2.78. The Morgan fingerprint density at radius 2 is 2.00 bits per heavy atom. The molecule has 100 valence electrons. The molecule has 0 bridgehead atoms. The van der Waals surface area contributed by atoms with Crippen LogP contribution in [0.3, 0.4) is 0 Å². The zero-order chi connectivity index (χ0) is 14.0. The second-order valence-corrected chi connectivity index (χ2v) is 4.65. The molecule has 1 aromatic carbocycles. The molecule has 0 radical (unpaired) electrons. The fourth-order valence-corrected chi connectivity index (χ4v) is 2.11. The van der Waals surface area contributed by atoms with Gasteiger partial charge in [0.25, 0.3) is 5.91 Å². The van der Waals surface area contributed by atoms with E-state index in [2.05, 4.69) is 5.32 Å². The molecule has 2 aromatic rings. The molecular formula is C15H18N2O2. The van der Waals surface area contributed by atoms with Crippen molar-refractivity contribution >= 4 is 11.6 Å². The van der Waals surface area contributed by atoms with Gasteiger partial charge in [-0.3, -0.25) is 4.79 Å². The minimum absolute atomic E-state index is 0.148. The summed E-state index contributed by atoms with van der Waals surface area (Å²) < 4.78 is 5.36. The first kappa shape index (κ1) is 13.2. The van der Waals surface area contributed by atoms with Crippen LogP contribution >= 0.6 is 0 Å². The highest BCUT2D eigenvalue weighted by atomic mass is 16.3. The second kappa shape index (κ2) is 5.18. The summed E-state index contributed by atoms with van der Waals surface area (Å²) >= 11 is 0. The quantitative estimate of drug-likeness (QED) is 0.832. The molecular weight excluding hydrogens is 240 g/mol. The van der Waals surface area contributed by atoms with Crippen LogP contribution < -0.4 is 11.1 Å². The summed E-state index contributed by atoms with van der Waals surface area (Å²) in [7, 11) is 0. The molecule has 0 saturated heterocycles. The van der Waals surface area contributed by atoms with Gasteiger partial charge < -0.3 is 15.5 Å². The molecule has 1 aromatic heterocycles. The van der Waals surface area contributed by atoms with Gasteiger partial charge in [0, 0.05) is 5.69 Å². The van der Waals surface area contributed by atoms with Gasteiger partial charge in [-0.15, -0.1) is 0 Å². The monoisotopic (exact) mass is 258 g/mol. The Morgan fingerprint density at radius 1 is 1.32 bits per heavy atom. The van der Waals surface area contributed by atoms with E-state index >= 15 is 0 Å². The highest BCUT2D eigenvalue weighted by molar-refractivity contribution is 5.95. The van der Waals surface area contributed by atoms with Crippen LogP contribution in [0.2, 0.25) is 0 Å². The third-order valence-corrected chi connectivity index (χ3v) is 3.10. The molecule has 0 spiro atoms. The zero-order valence-corrected chi connectivity index (χ0v) is 11.4. The summed E-state index contributed by atoms with van der Waals surface area (Å²) in [6.07, 6.45) is 0. The van der Waals surface area contributed by atoms with Crippen molar-refractivity contribution < 1.29 is 9.21 Å². The number of hydrogen-bond donors (Lipinski definition) is 2. The van der Waals surface area contributed by atoms with Gasteiger partial charge in [-0.25, -0.2) is 0 Å². The van der Waals surface area contributed by atoms with Crippen LogP contribution in [0.15, 0.2) is 34.7 Å². The molecule has 1 unspecified atom stereocenters. The number of benzene rings is 1. The first-order valence-electron chi connectivity index (χ1n) is 6.21. The molecule has 0 aliphatic carbocycles. The van der Waals surface area contributed by atoms with Gasteiger partial charge in [-0.2, -0.15) is 0 Å². The number of amides is 1. The van der Waals surface area contributed by atoms with E-state index in [9.17, 15) is 4.79 Å². The minimum atomic E-state index is -0.150. The topological polar surface area (TPSA) is 68.3 Å². The van der Waals surface area contributed by atoms with Gasteiger partial charge in [-0.1, -0.05) is 18.2 Å². The first-order valence-corrected chi connectivity index (χ1v) is 6.21. The molecule has 0 aliphatic heterocycles. The normalized spacial score (nSPS) is 12.2. The molecule has 1 heterocycles. The molecule has 1 atom stereocenters. The molecule has 1 amide bonds. The lowest BCUT2D eigenvalue weighted by molar-refractivity contribution is 0.0938. The Morgan fingerprint density at radius 3 is 2.58 bits per heavy atom. The van der Waals surface area contributed by atoms with Gasteiger partial charge in [0.15, 0.2) is 0 Å². The Balaban J connectivity index is 2.15. The summed E-state index contributed by atoms with van der Waals surface area (Å²) in [5, 5.41) is 2.93. The predicted octanol–water partition coefficient (Wildman–Crippen LogP) is 2.97. The van der Waals surface area contributed by atoms with Crippen LogP contribution in [-0.2, 0) is 0 Å². The fraction of sp³-hybridized carbons (Fsp3) is 0.267. The lowest BCUT2D eigenvalue weighted by atomic mass is 10.1. The van der Waals surface area contributed by atoms with Crippen molar-refractivity contribution in [3.05, 3.63) is 53.0 Å². The standard InChI is InChI=1S/C15H18N2O2/c1-9-8-13(11(3)19-9)15(18)17-10(2)12-6-4-5-7-14(12)16/h4-8,10H,16H2,1-3H3,(H,17,18). The summed E-state index contributed by atoms with van der Waals surface area (Å²) in [5.41, 5.74) is 8.06. The smallest absolute Gasteiger partial charge is 0.255 e. The maximum absolute atomic E-state index is 12.2. The summed E-state index contributed by atoms with van der Waals surface area (Å²) in [4.78, 5) is 12.2. The van der Waals surface area contributed by atoms with Crippen molar-refractivity contribution in [1.29, 1.82) is 0 Å². The highest BCUT2D eigenvalue weighted by Gasteiger charge is 2.17. The van der Waals surface area contributed by atoms with E-state index in [0.717, 1.165) is 11.3 Å². The number of para-hydroxylation sites is 1. The fourth-order valence-electron chi connectivity index (χ4n) is 2.11. The van der Waals surface area contributed by atoms with Gasteiger partial charge in [0.1, 0.15) is 11.5 Å². The van der Waals surface area contributed by atoms with Crippen LogP contribution in [0.5, 0.6) is 0 Å². The molecule has 0 fully saturated rings. The van der Waals surface area contributed by atoms with Crippen molar-refractivity contribution in [1.82, 2.24) is 5.32 Å². The van der Waals surface area contributed by atoms with Crippen LogP contribution in [0.4, 0.5) is 5.69 Å². The third-order valence-electron chi connectivity index (χ3n) is 3.10. The summed E-state index contributed by atoms with van der Waals surface area (Å²) in [6, 6.07) is 9.10. The molecule has 0 aliphatic rings. The van der Waals surface area contributed by atoms with Crippen molar-refractivity contribution in [2.24, 2.45) is 0 Å². The lowest BCUT2D eigenvalue weighted by Crippen LogP contribution is -2.27. The van der Waals surface area contributed by atoms with Gasteiger partial charge >= 0.3 is 0 Å². The highest BCUT2D eigenvalue weighted by Crippen LogP contribution is 2.21. The van der Waals surface area contributed by atoms with Gasteiger partial charge in [0.2, 0.25) is 0 Å². The van der Waals surface area contributed by atoms with Crippen molar-refractivity contribution in [3.8, 4) is 0 Å². The summed E-state index contributed by atoms with van der Waals surface area (Å²) in [6.45, 7) is 5.51.